The monoisotopic (exact) mass is 358 g/mol. The molecule has 4 nitrogen and oxygen atoms in total. The molecule has 0 aliphatic rings. The summed E-state index contributed by atoms with van der Waals surface area (Å²) in [5, 5.41) is 15.5. The number of nitrogens with one attached hydrogen (secondary N) is 1. The van der Waals surface area contributed by atoms with Gasteiger partial charge in [0.05, 0.1) is 10.6 Å². The van der Waals surface area contributed by atoms with Crippen molar-refractivity contribution in [1.29, 1.82) is 5.41 Å². The third kappa shape index (κ3) is 5.27. The first kappa shape index (κ1) is 19.5. The number of benzene rings is 2. The van der Waals surface area contributed by atoms with Crippen LogP contribution in [0.4, 0.5) is 13.2 Å². The summed E-state index contributed by atoms with van der Waals surface area (Å²) in [5.41, 5.74) is 5.42. The summed E-state index contributed by atoms with van der Waals surface area (Å²) in [5.74, 6) is -0.890. The van der Waals surface area contributed by atoms with Gasteiger partial charge in [-0.15, -0.1) is 0 Å². The molecule has 0 aliphatic heterocycles. The van der Waals surface area contributed by atoms with Crippen LogP contribution in [0.5, 0.6) is 5.75 Å². The fraction of sp³-hybridized carbons (Fsp3) is 0.125. The van der Waals surface area contributed by atoms with Crippen LogP contribution < -0.4 is 5.73 Å². The molecule has 0 saturated carbocycles. The van der Waals surface area contributed by atoms with Gasteiger partial charge in [-0.05, 0) is 31.2 Å². The number of rotatable bonds is 2. The van der Waals surface area contributed by atoms with Crippen LogP contribution in [-0.2, 0) is 6.18 Å². The van der Waals surface area contributed by atoms with Gasteiger partial charge in [0.25, 0.3) is 0 Å². The zero-order chi connectivity index (χ0) is 18.5. The van der Waals surface area contributed by atoms with E-state index in [0.717, 1.165) is 5.56 Å². The van der Waals surface area contributed by atoms with Crippen molar-refractivity contribution in [3.63, 3.8) is 0 Å². The highest BCUT2D eigenvalue weighted by molar-refractivity contribution is 6.32. The molecule has 2 rings (SSSR count). The molecule has 0 radical (unpaired) electrons. The van der Waals surface area contributed by atoms with Crippen LogP contribution in [0.2, 0.25) is 5.02 Å². The number of aromatic hydroxyl groups is 1. The summed E-state index contributed by atoms with van der Waals surface area (Å²) in [6.07, 6.45) is -3.93. The highest BCUT2D eigenvalue weighted by atomic mass is 35.5. The van der Waals surface area contributed by atoms with Gasteiger partial charge in [0, 0.05) is 17.3 Å². The number of aryl methyl sites for hydroxylation is 1. The van der Waals surface area contributed by atoms with Crippen LogP contribution in [0.25, 0.3) is 0 Å². The Morgan fingerprint density at radius 3 is 2.33 bits per heavy atom. The van der Waals surface area contributed by atoms with Crippen molar-refractivity contribution in [2.75, 3.05) is 0 Å². The Morgan fingerprint density at radius 1 is 1.29 bits per heavy atom. The Balaban J connectivity index is 0.000000254. The number of hydrogen-bond acceptors (Lipinski definition) is 3. The smallest absolute Gasteiger partial charge is 0.416 e. The van der Waals surface area contributed by atoms with Gasteiger partial charge in [0.15, 0.2) is 0 Å². The molecule has 24 heavy (non-hydrogen) atoms. The maximum absolute atomic E-state index is 12.2. The molecule has 4 N–H and O–H groups in total. The van der Waals surface area contributed by atoms with Gasteiger partial charge < -0.3 is 16.2 Å². The third-order valence-electron chi connectivity index (χ3n) is 2.88. The zero-order valence-corrected chi connectivity index (χ0v) is 13.2. The number of amides is 1. The van der Waals surface area contributed by atoms with Crippen molar-refractivity contribution in [3.05, 3.63) is 63.7 Å². The summed E-state index contributed by atoms with van der Waals surface area (Å²) in [6, 6.07) is 8.48. The number of halogens is 4. The van der Waals surface area contributed by atoms with E-state index >= 15 is 0 Å². The number of carbonyl (C=O) groups is 1. The number of nitrogens with two attached hydrogens (primary N) is 1. The maximum atomic E-state index is 12.2. The summed E-state index contributed by atoms with van der Waals surface area (Å²) in [4.78, 5) is 10.6. The van der Waals surface area contributed by atoms with Crippen molar-refractivity contribution in [2.45, 2.75) is 13.1 Å². The van der Waals surface area contributed by atoms with Crippen LogP contribution in [0.3, 0.4) is 0 Å². The molecule has 2 aromatic rings. The zero-order valence-electron chi connectivity index (χ0n) is 12.5. The predicted molar refractivity (Wildman–Crippen MR) is 85.7 cm³/mol. The molecule has 0 aromatic heterocycles. The SMILES string of the molecule is Cc1cccc(C(N)=O)c1.N=Cc1cc(C(F)(F)F)cc(Cl)c1O. The molecule has 2 aromatic carbocycles. The molecule has 0 heterocycles. The first-order valence-corrected chi connectivity index (χ1v) is 6.90. The fourth-order valence-corrected chi connectivity index (χ4v) is 1.92. The van der Waals surface area contributed by atoms with E-state index in [9.17, 15) is 18.0 Å². The lowest BCUT2D eigenvalue weighted by Gasteiger charge is -2.09. The van der Waals surface area contributed by atoms with Crippen LogP contribution in [0, 0.1) is 12.3 Å². The normalized spacial score (nSPS) is 10.5. The van der Waals surface area contributed by atoms with Gasteiger partial charge >= 0.3 is 6.18 Å². The minimum atomic E-state index is -4.53. The molecule has 0 aliphatic carbocycles. The first-order valence-electron chi connectivity index (χ1n) is 6.53. The van der Waals surface area contributed by atoms with E-state index in [2.05, 4.69) is 0 Å². The lowest BCUT2D eigenvalue weighted by Crippen LogP contribution is -2.10. The van der Waals surface area contributed by atoms with E-state index in [1.807, 2.05) is 19.1 Å². The second-order valence-electron chi connectivity index (χ2n) is 4.77. The molecule has 0 atom stereocenters. The number of primary amides is 1. The number of alkyl halides is 3. The van der Waals surface area contributed by atoms with E-state index in [1.165, 1.54) is 0 Å². The van der Waals surface area contributed by atoms with E-state index in [-0.39, 0.29) is 11.5 Å². The Hall–Kier alpha value is -2.54. The second-order valence-corrected chi connectivity index (χ2v) is 5.18. The van der Waals surface area contributed by atoms with Gasteiger partial charge in [-0.1, -0.05) is 29.3 Å². The van der Waals surface area contributed by atoms with E-state index < -0.39 is 22.5 Å². The molecular weight excluding hydrogens is 345 g/mol. The Bertz CT molecular complexity index is 761. The number of phenolic OH excluding ortho intramolecular Hbond substituents is 1. The quantitative estimate of drug-likeness (QED) is 0.704. The van der Waals surface area contributed by atoms with Crippen molar-refractivity contribution in [1.82, 2.24) is 0 Å². The summed E-state index contributed by atoms with van der Waals surface area (Å²) in [7, 11) is 0. The Kier molecular flexibility index (Phi) is 6.36. The molecule has 0 spiro atoms. The molecular formula is C16H14ClF3N2O2. The minimum Gasteiger partial charge on any atom is -0.506 e. The van der Waals surface area contributed by atoms with Crippen molar-refractivity contribution < 1.29 is 23.1 Å². The van der Waals surface area contributed by atoms with Gasteiger partial charge in [0.1, 0.15) is 5.75 Å². The molecule has 8 heteroatoms. The molecule has 0 unspecified atom stereocenters. The van der Waals surface area contributed by atoms with Crippen LogP contribution in [0.1, 0.15) is 27.0 Å². The van der Waals surface area contributed by atoms with E-state index in [4.69, 9.17) is 27.9 Å². The standard InChI is InChI=1S/C8H5ClF3NO.C8H9NO/c9-6-2-5(8(10,11)12)1-4(3-13)7(6)14;1-6-3-2-4-7(5-6)8(9)10/h1-3,13-14H;2-5H,1H3,(H2,9,10). The van der Waals surface area contributed by atoms with Crippen LogP contribution in [-0.4, -0.2) is 17.2 Å². The summed E-state index contributed by atoms with van der Waals surface area (Å²) < 4.78 is 36.6. The highest BCUT2D eigenvalue weighted by Crippen LogP contribution is 2.36. The van der Waals surface area contributed by atoms with Crippen LogP contribution >= 0.6 is 11.6 Å². The Labute approximate surface area is 141 Å². The average molecular weight is 359 g/mol. The fourth-order valence-electron chi connectivity index (χ4n) is 1.69. The largest absolute Gasteiger partial charge is 0.506 e. The van der Waals surface area contributed by atoms with Gasteiger partial charge in [-0.2, -0.15) is 13.2 Å². The lowest BCUT2D eigenvalue weighted by molar-refractivity contribution is -0.137. The van der Waals surface area contributed by atoms with Gasteiger partial charge in [-0.25, -0.2) is 0 Å². The summed E-state index contributed by atoms with van der Waals surface area (Å²) >= 11 is 5.35. The van der Waals surface area contributed by atoms with E-state index in [1.54, 1.807) is 12.1 Å². The van der Waals surface area contributed by atoms with Crippen LogP contribution in [0.15, 0.2) is 36.4 Å². The van der Waals surface area contributed by atoms with Crippen molar-refractivity contribution in [2.24, 2.45) is 5.73 Å². The average Bonchev–Trinajstić information content (AvgIpc) is 2.49. The maximum Gasteiger partial charge on any atom is 0.416 e. The van der Waals surface area contributed by atoms with E-state index in [0.29, 0.717) is 23.9 Å². The predicted octanol–water partition coefficient (Wildman–Crippen LogP) is 4.16. The third-order valence-corrected chi connectivity index (χ3v) is 3.17. The van der Waals surface area contributed by atoms with Gasteiger partial charge in [0.2, 0.25) is 5.91 Å². The Morgan fingerprint density at radius 2 is 1.92 bits per heavy atom. The molecule has 0 fully saturated rings. The molecule has 128 valence electrons. The summed E-state index contributed by atoms with van der Waals surface area (Å²) in [6.45, 7) is 1.92. The highest BCUT2D eigenvalue weighted by Gasteiger charge is 2.31. The first-order chi connectivity index (χ1) is 11.1. The molecule has 1 amide bonds. The second kappa shape index (κ2) is 7.83. The minimum absolute atomic E-state index is 0.259. The lowest BCUT2D eigenvalue weighted by atomic mass is 10.1. The molecule has 0 saturated heterocycles. The van der Waals surface area contributed by atoms with Crippen molar-refractivity contribution >= 4 is 23.7 Å². The number of carbonyl (C=O) groups excluding carboxylic acids is 1. The topological polar surface area (TPSA) is 87.2 Å². The number of hydrogen-bond donors (Lipinski definition) is 3. The molecule has 0 bridgehead atoms. The van der Waals surface area contributed by atoms with Crippen molar-refractivity contribution in [3.8, 4) is 5.75 Å². The van der Waals surface area contributed by atoms with Gasteiger partial charge in [-0.3, -0.25) is 4.79 Å². The number of phenols is 1.